The molecule has 0 aromatic carbocycles. The fourth-order valence-corrected chi connectivity index (χ4v) is 5.38. The van der Waals surface area contributed by atoms with Gasteiger partial charge in [-0.2, -0.15) is 8.62 Å². The second-order valence-electron chi connectivity index (χ2n) is 5.74. The fourth-order valence-electron chi connectivity index (χ4n) is 1.89. The molecule has 1 heterocycles. The van der Waals surface area contributed by atoms with Crippen LogP contribution in [0.1, 0.15) is 13.3 Å². The van der Waals surface area contributed by atoms with Crippen molar-refractivity contribution in [2.75, 3.05) is 6.61 Å². The van der Waals surface area contributed by atoms with Gasteiger partial charge in [0.2, 0.25) is 0 Å². The van der Waals surface area contributed by atoms with Gasteiger partial charge in [-0.15, -0.1) is 0 Å². The first-order chi connectivity index (χ1) is 12.9. The number of hydrogen-bond acceptors (Lipinski definition) is 9. The van der Waals surface area contributed by atoms with Crippen LogP contribution in [0.4, 0.5) is 4.39 Å². The SMILES string of the molecule is CC(F)(Cn1ccc(=S)[nH]c1=S)[C@@H](O)CCOP(=O)(O)OP(=O)(O)OP(=O)(O)O. The summed E-state index contributed by atoms with van der Waals surface area (Å²) in [6.07, 6.45) is -0.899. The van der Waals surface area contributed by atoms with Crippen molar-refractivity contribution in [1.82, 2.24) is 9.55 Å². The maximum atomic E-state index is 14.8. The topological polar surface area (TPSA) is 201 Å². The molecule has 0 amide bonds. The van der Waals surface area contributed by atoms with E-state index in [9.17, 15) is 28.1 Å². The van der Waals surface area contributed by atoms with Crippen molar-refractivity contribution in [3.05, 3.63) is 21.7 Å². The lowest BCUT2D eigenvalue weighted by Gasteiger charge is -2.27. The molecule has 1 rings (SSSR count). The number of phosphoric acid groups is 3. The number of phosphoric ester groups is 1. The smallest absolute Gasteiger partial charge is 0.390 e. The number of aliphatic hydroxyl groups is 1. The molecule has 3 unspecified atom stereocenters. The monoisotopic (exact) mass is 518 g/mol. The minimum Gasteiger partial charge on any atom is -0.390 e. The maximum absolute atomic E-state index is 14.8. The molecule has 4 atom stereocenters. The zero-order valence-electron chi connectivity index (χ0n) is 14.5. The van der Waals surface area contributed by atoms with Crippen LogP contribution in [-0.2, 0) is 33.4 Å². The molecule has 0 saturated heterocycles. The average Bonchev–Trinajstić information content (AvgIpc) is 2.45. The Balaban J connectivity index is 2.66. The maximum Gasteiger partial charge on any atom is 0.490 e. The number of nitrogens with one attached hydrogen (secondary N) is 1. The van der Waals surface area contributed by atoms with E-state index in [1.807, 2.05) is 0 Å². The summed E-state index contributed by atoms with van der Waals surface area (Å²) in [5.74, 6) is 0. The van der Waals surface area contributed by atoms with Crippen molar-refractivity contribution < 1.29 is 55.9 Å². The highest BCUT2D eigenvalue weighted by Crippen LogP contribution is 2.66. The van der Waals surface area contributed by atoms with Crippen LogP contribution >= 0.6 is 47.9 Å². The first-order valence-corrected chi connectivity index (χ1v) is 12.7. The second kappa shape index (κ2) is 9.96. The van der Waals surface area contributed by atoms with Gasteiger partial charge in [-0.1, -0.05) is 12.2 Å². The molecule has 1 aromatic rings. The van der Waals surface area contributed by atoms with Crippen LogP contribution in [0.15, 0.2) is 12.3 Å². The van der Waals surface area contributed by atoms with Gasteiger partial charge in [0.1, 0.15) is 4.64 Å². The van der Waals surface area contributed by atoms with Crippen LogP contribution in [0.3, 0.4) is 0 Å². The number of nitrogens with zero attached hydrogens (tertiary/aromatic N) is 1. The van der Waals surface area contributed by atoms with Gasteiger partial charge in [-0.3, -0.25) is 4.52 Å². The zero-order valence-corrected chi connectivity index (χ0v) is 18.8. The number of aromatic nitrogens is 2. The molecule has 0 spiro atoms. The van der Waals surface area contributed by atoms with Crippen LogP contribution in [0, 0.1) is 9.41 Å². The molecule has 0 saturated carbocycles. The van der Waals surface area contributed by atoms with Crippen molar-refractivity contribution >= 4 is 47.9 Å². The zero-order chi connectivity index (χ0) is 22.7. The number of rotatable bonds is 11. The fraction of sp³-hybridized carbons (Fsp3) is 0.600. The first kappa shape index (κ1) is 26.9. The van der Waals surface area contributed by atoms with Crippen molar-refractivity contribution in [1.29, 1.82) is 0 Å². The lowest BCUT2D eigenvalue weighted by Crippen LogP contribution is -2.40. The second-order valence-corrected chi connectivity index (χ2v) is 11.0. The molecule has 19 heteroatoms. The molecule has 0 aliphatic heterocycles. The Kier molecular flexibility index (Phi) is 9.22. The van der Waals surface area contributed by atoms with E-state index >= 15 is 0 Å². The predicted octanol–water partition coefficient (Wildman–Crippen LogP) is 2.10. The van der Waals surface area contributed by atoms with E-state index in [1.165, 1.54) is 16.8 Å². The van der Waals surface area contributed by atoms with Gasteiger partial charge in [0, 0.05) is 12.6 Å². The molecule has 0 radical (unpaired) electrons. The molecule has 168 valence electrons. The number of halogens is 1. The Bertz CT molecular complexity index is 976. The molecule has 0 aliphatic carbocycles. The molecule has 0 bridgehead atoms. The summed E-state index contributed by atoms with van der Waals surface area (Å²) in [4.78, 5) is 37.8. The highest BCUT2D eigenvalue weighted by molar-refractivity contribution is 7.72. The highest BCUT2D eigenvalue weighted by atomic mass is 32.1. The minimum absolute atomic E-state index is 0.0989. The van der Waals surface area contributed by atoms with Gasteiger partial charge in [0.15, 0.2) is 10.4 Å². The molecule has 13 nitrogen and oxygen atoms in total. The van der Waals surface area contributed by atoms with Gasteiger partial charge in [0.05, 0.1) is 19.3 Å². The lowest BCUT2D eigenvalue weighted by atomic mass is 9.99. The minimum atomic E-state index is -5.65. The summed E-state index contributed by atoms with van der Waals surface area (Å²) < 4.78 is 61.0. The third-order valence-corrected chi connectivity index (χ3v) is 7.54. The third kappa shape index (κ3) is 10.1. The van der Waals surface area contributed by atoms with Gasteiger partial charge < -0.3 is 34.2 Å². The van der Waals surface area contributed by atoms with Gasteiger partial charge in [-0.05, 0) is 25.2 Å². The van der Waals surface area contributed by atoms with Crippen LogP contribution in [0.2, 0.25) is 0 Å². The van der Waals surface area contributed by atoms with Crippen molar-refractivity contribution in [3.63, 3.8) is 0 Å². The van der Waals surface area contributed by atoms with Crippen LogP contribution in [-0.4, -0.2) is 52.6 Å². The molecular weight excluding hydrogens is 500 g/mol. The van der Waals surface area contributed by atoms with E-state index in [2.05, 4.69) is 18.1 Å². The van der Waals surface area contributed by atoms with Crippen LogP contribution in [0.5, 0.6) is 0 Å². The summed E-state index contributed by atoms with van der Waals surface area (Å²) in [5.41, 5.74) is -2.28. The van der Waals surface area contributed by atoms with Crippen molar-refractivity contribution in [2.45, 2.75) is 31.7 Å². The summed E-state index contributed by atoms with van der Waals surface area (Å²) in [6.45, 7) is -0.201. The van der Waals surface area contributed by atoms with Gasteiger partial charge in [0.25, 0.3) is 0 Å². The van der Waals surface area contributed by atoms with E-state index in [0.717, 1.165) is 6.92 Å². The normalized spacial score (nSPS) is 19.7. The van der Waals surface area contributed by atoms with E-state index in [1.54, 1.807) is 0 Å². The first-order valence-electron chi connectivity index (χ1n) is 7.38. The molecule has 0 aliphatic rings. The molecule has 6 N–H and O–H groups in total. The number of H-pyrrole nitrogens is 1. The van der Waals surface area contributed by atoms with E-state index < -0.39 is 54.8 Å². The number of hydrogen-bond donors (Lipinski definition) is 6. The summed E-state index contributed by atoms with van der Waals surface area (Å²) >= 11 is 9.85. The van der Waals surface area contributed by atoms with Gasteiger partial charge >= 0.3 is 23.5 Å². The number of aliphatic hydroxyl groups excluding tert-OH is 1. The highest BCUT2D eigenvalue weighted by Gasteiger charge is 2.41. The lowest BCUT2D eigenvalue weighted by molar-refractivity contribution is -0.0209. The molecule has 1 aromatic heterocycles. The number of alkyl halides is 1. The summed E-state index contributed by atoms with van der Waals surface area (Å²) in [6, 6.07) is 1.45. The summed E-state index contributed by atoms with van der Waals surface area (Å²) in [7, 11) is -16.5. The van der Waals surface area contributed by atoms with Crippen LogP contribution < -0.4 is 0 Å². The van der Waals surface area contributed by atoms with E-state index in [4.69, 9.17) is 39.1 Å². The Labute approximate surface area is 173 Å². The predicted molar refractivity (Wildman–Crippen MR) is 100 cm³/mol. The Morgan fingerprint density at radius 3 is 2.31 bits per heavy atom. The standard InChI is InChI=1S/C10H18FN2O11P3S2/c1-10(11,6-13-4-2-8(28)12-9(13)29)7(14)3-5-22-26(18,19)24-27(20,21)23-25(15,16)17/h2,4,7,14H,3,5-6H2,1H3,(H,18,19)(H,20,21)(H,12,28,29)(H2,15,16,17)/t7-,10?/m0/s1. The Hall–Kier alpha value is -0.180. The quantitative estimate of drug-likeness (QED) is 0.184. The van der Waals surface area contributed by atoms with Gasteiger partial charge in [-0.25, -0.2) is 18.1 Å². The molecular formula is C10H18FN2O11P3S2. The largest absolute Gasteiger partial charge is 0.490 e. The molecule has 0 fully saturated rings. The van der Waals surface area contributed by atoms with Crippen LogP contribution in [0.25, 0.3) is 0 Å². The van der Waals surface area contributed by atoms with E-state index in [-0.39, 0.29) is 4.77 Å². The summed E-state index contributed by atoms with van der Waals surface area (Å²) in [5, 5.41) is 9.99. The number of aromatic amines is 1. The van der Waals surface area contributed by atoms with Crippen molar-refractivity contribution in [2.24, 2.45) is 0 Å². The Morgan fingerprint density at radius 1 is 1.21 bits per heavy atom. The Morgan fingerprint density at radius 2 is 1.79 bits per heavy atom. The van der Waals surface area contributed by atoms with Crippen molar-refractivity contribution in [3.8, 4) is 0 Å². The van der Waals surface area contributed by atoms with E-state index in [0.29, 0.717) is 4.64 Å². The third-order valence-electron chi connectivity index (χ3n) is 3.13. The molecule has 29 heavy (non-hydrogen) atoms. The average molecular weight is 518 g/mol.